The molecule has 0 bridgehead atoms. The lowest BCUT2D eigenvalue weighted by Gasteiger charge is -2.32. The van der Waals surface area contributed by atoms with E-state index < -0.39 is 0 Å². The second-order valence-electron chi connectivity index (χ2n) is 8.15. The van der Waals surface area contributed by atoms with Crippen LogP contribution in [-0.4, -0.2) is 98.0 Å². The maximum absolute atomic E-state index is 12.6. The number of halogens is 2. The summed E-state index contributed by atoms with van der Waals surface area (Å²) < 4.78 is 4.82. The molecule has 0 saturated carbocycles. The van der Waals surface area contributed by atoms with Crippen molar-refractivity contribution in [2.75, 3.05) is 59.5 Å². The van der Waals surface area contributed by atoms with Gasteiger partial charge in [0.1, 0.15) is 6.04 Å². The number of ether oxygens (including phenoxy) is 1. The average Bonchev–Trinajstić information content (AvgIpc) is 3.01. The standard InChI is InChI=1S/C23H30Cl2N4O4/c1-33-23(32)20-16-27(12-8-26-20)9-2-10-28-13-14-29(11-7-22(28)31)21(30)6-4-17-3-5-18(24)19(25)15-17/h3-6,15,20,26H,2,7-14,16H2,1H3. The van der Waals surface area contributed by atoms with Gasteiger partial charge in [0, 0.05) is 58.3 Å². The zero-order chi connectivity index (χ0) is 23.8. The number of carbonyl (C=O) groups is 3. The molecule has 0 aromatic heterocycles. The minimum atomic E-state index is -0.305. The predicted octanol–water partition coefficient (Wildman–Crippen LogP) is 1.90. The Morgan fingerprint density at radius 1 is 1.15 bits per heavy atom. The smallest absolute Gasteiger partial charge is 0.324 e. The molecule has 2 saturated heterocycles. The molecule has 2 aliphatic rings. The van der Waals surface area contributed by atoms with E-state index in [4.69, 9.17) is 27.9 Å². The molecule has 2 aliphatic heterocycles. The van der Waals surface area contributed by atoms with Gasteiger partial charge in [-0.05, 0) is 36.7 Å². The van der Waals surface area contributed by atoms with E-state index in [0.717, 1.165) is 31.6 Å². The van der Waals surface area contributed by atoms with Crippen LogP contribution in [0.4, 0.5) is 0 Å². The van der Waals surface area contributed by atoms with E-state index in [-0.39, 0.29) is 23.8 Å². The minimum Gasteiger partial charge on any atom is -0.468 e. The van der Waals surface area contributed by atoms with Gasteiger partial charge in [0.15, 0.2) is 0 Å². The second-order valence-corrected chi connectivity index (χ2v) is 8.96. The number of methoxy groups -OCH3 is 1. The maximum atomic E-state index is 12.6. The van der Waals surface area contributed by atoms with E-state index in [1.807, 2.05) is 4.90 Å². The molecule has 10 heteroatoms. The lowest BCUT2D eigenvalue weighted by molar-refractivity contribution is -0.144. The summed E-state index contributed by atoms with van der Waals surface area (Å²) in [5, 5.41) is 4.06. The first-order valence-corrected chi connectivity index (χ1v) is 11.9. The van der Waals surface area contributed by atoms with Gasteiger partial charge in [-0.15, -0.1) is 0 Å². The number of piperazine rings is 1. The van der Waals surface area contributed by atoms with Crippen molar-refractivity contribution in [1.29, 1.82) is 0 Å². The first-order valence-electron chi connectivity index (χ1n) is 11.1. The van der Waals surface area contributed by atoms with Crippen LogP contribution in [-0.2, 0) is 19.1 Å². The highest BCUT2D eigenvalue weighted by atomic mass is 35.5. The Morgan fingerprint density at radius 2 is 1.97 bits per heavy atom. The largest absolute Gasteiger partial charge is 0.468 e. The molecular formula is C23H30Cl2N4O4. The van der Waals surface area contributed by atoms with Gasteiger partial charge in [0.25, 0.3) is 0 Å². The summed E-state index contributed by atoms with van der Waals surface area (Å²) in [6, 6.07) is 4.87. The van der Waals surface area contributed by atoms with Crippen LogP contribution in [0, 0.1) is 0 Å². The Morgan fingerprint density at radius 3 is 2.73 bits per heavy atom. The number of nitrogens with zero attached hydrogens (tertiary/aromatic N) is 3. The van der Waals surface area contributed by atoms with Gasteiger partial charge in [-0.1, -0.05) is 29.3 Å². The molecule has 3 rings (SSSR count). The number of hydrogen-bond donors (Lipinski definition) is 1. The number of benzene rings is 1. The van der Waals surface area contributed by atoms with Gasteiger partial charge in [-0.25, -0.2) is 0 Å². The molecule has 1 N–H and O–H groups in total. The summed E-state index contributed by atoms with van der Waals surface area (Å²) >= 11 is 11.9. The van der Waals surface area contributed by atoms with Gasteiger partial charge in [-0.3, -0.25) is 19.3 Å². The molecule has 2 fully saturated rings. The first kappa shape index (κ1) is 25.5. The molecule has 8 nitrogen and oxygen atoms in total. The third-order valence-corrected chi connectivity index (χ3v) is 6.65. The fraction of sp³-hybridized carbons (Fsp3) is 0.522. The van der Waals surface area contributed by atoms with Gasteiger partial charge >= 0.3 is 5.97 Å². The molecule has 1 atom stereocenters. The van der Waals surface area contributed by atoms with Crippen molar-refractivity contribution in [2.45, 2.75) is 18.9 Å². The van der Waals surface area contributed by atoms with Crippen LogP contribution in [0.3, 0.4) is 0 Å². The van der Waals surface area contributed by atoms with Crippen LogP contribution in [0.5, 0.6) is 0 Å². The quantitative estimate of drug-likeness (QED) is 0.458. The summed E-state index contributed by atoms with van der Waals surface area (Å²) in [6.45, 7) is 5.03. The number of esters is 1. The Hall–Kier alpha value is -2.13. The Kier molecular flexibility index (Phi) is 9.55. The van der Waals surface area contributed by atoms with E-state index in [2.05, 4.69) is 10.2 Å². The zero-order valence-corrected chi connectivity index (χ0v) is 20.3. The van der Waals surface area contributed by atoms with Crippen molar-refractivity contribution < 1.29 is 19.1 Å². The van der Waals surface area contributed by atoms with Gasteiger partial charge in [-0.2, -0.15) is 0 Å². The van der Waals surface area contributed by atoms with Gasteiger partial charge in [0.05, 0.1) is 17.2 Å². The van der Waals surface area contributed by atoms with Crippen LogP contribution < -0.4 is 5.32 Å². The third-order valence-electron chi connectivity index (χ3n) is 5.91. The lowest BCUT2D eigenvalue weighted by atomic mass is 10.2. The van der Waals surface area contributed by atoms with E-state index in [0.29, 0.717) is 49.2 Å². The minimum absolute atomic E-state index is 0.0616. The highest BCUT2D eigenvalue weighted by molar-refractivity contribution is 6.42. The Balaban J connectivity index is 1.45. The van der Waals surface area contributed by atoms with Crippen molar-refractivity contribution in [3.63, 3.8) is 0 Å². The Bertz CT molecular complexity index is 895. The van der Waals surface area contributed by atoms with Crippen molar-refractivity contribution in [3.05, 3.63) is 39.9 Å². The van der Waals surface area contributed by atoms with E-state index in [9.17, 15) is 14.4 Å². The molecular weight excluding hydrogens is 467 g/mol. The number of carbonyl (C=O) groups excluding carboxylic acids is 3. The third kappa shape index (κ3) is 7.43. The van der Waals surface area contributed by atoms with E-state index in [1.54, 1.807) is 29.2 Å². The van der Waals surface area contributed by atoms with Crippen LogP contribution in [0.2, 0.25) is 10.0 Å². The van der Waals surface area contributed by atoms with Crippen molar-refractivity contribution >= 4 is 47.1 Å². The molecule has 1 aromatic rings. The second kappa shape index (κ2) is 12.4. The van der Waals surface area contributed by atoms with Gasteiger partial charge < -0.3 is 19.9 Å². The summed E-state index contributed by atoms with van der Waals surface area (Å²) in [6.07, 6.45) is 4.32. The summed E-state index contributed by atoms with van der Waals surface area (Å²) in [5.41, 5.74) is 0.785. The number of nitrogens with one attached hydrogen (secondary N) is 1. The Labute approximate surface area is 204 Å². The monoisotopic (exact) mass is 496 g/mol. The maximum Gasteiger partial charge on any atom is 0.324 e. The molecule has 180 valence electrons. The molecule has 2 heterocycles. The normalized spacial score (nSPS) is 20.2. The first-order chi connectivity index (χ1) is 15.9. The molecule has 33 heavy (non-hydrogen) atoms. The summed E-state index contributed by atoms with van der Waals surface area (Å²) in [5.74, 6) is -0.322. The van der Waals surface area contributed by atoms with Crippen molar-refractivity contribution in [3.8, 4) is 0 Å². The summed E-state index contributed by atoms with van der Waals surface area (Å²) in [7, 11) is 1.39. The topological polar surface area (TPSA) is 82.2 Å². The van der Waals surface area contributed by atoms with E-state index >= 15 is 0 Å². The molecule has 0 aliphatic carbocycles. The zero-order valence-electron chi connectivity index (χ0n) is 18.8. The van der Waals surface area contributed by atoms with Crippen LogP contribution in [0.25, 0.3) is 6.08 Å². The fourth-order valence-electron chi connectivity index (χ4n) is 4.01. The van der Waals surface area contributed by atoms with Crippen molar-refractivity contribution in [2.24, 2.45) is 0 Å². The highest BCUT2D eigenvalue weighted by Crippen LogP contribution is 2.23. The average molecular weight is 497 g/mol. The predicted molar refractivity (Wildman–Crippen MR) is 128 cm³/mol. The molecule has 0 radical (unpaired) electrons. The summed E-state index contributed by atoms with van der Waals surface area (Å²) in [4.78, 5) is 42.7. The molecule has 1 unspecified atom stereocenters. The SMILES string of the molecule is COC(=O)C1CN(CCCN2CCN(C(=O)C=Cc3ccc(Cl)c(Cl)c3)CCC2=O)CCN1. The van der Waals surface area contributed by atoms with Gasteiger partial charge in [0.2, 0.25) is 11.8 Å². The lowest BCUT2D eigenvalue weighted by Crippen LogP contribution is -2.54. The van der Waals surface area contributed by atoms with Crippen LogP contribution in [0.1, 0.15) is 18.4 Å². The number of amides is 2. The molecule has 2 amide bonds. The van der Waals surface area contributed by atoms with Crippen LogP contribution in [0.15, 0.2) is 24.3 Å². The molecule has 0 spiro atoms. The van der Waals surface area contributed by atoms with Crippen LogP contribution >= 0.6 is 23.2 Å². The van der Waals surface area contributed by atoms with E-state index in [1.165, 1.54) is 13.2 Å². The molecule has 1 aromatic carbocycles. The van der Waals surface area contributed by atoms with Crippen molar-refractivity contribution in [1.82, 2.24) is 20.0 Å². The number of hydrogen-bond acceptors (Lipinski definition) is 6. The number of rotatable bonds is 7. The highest BCUT2D eigenvalue weighted by Gasteiger charge is 2.26. The fourth-order valence-corrected chi connectivity index (χ4v) is 4.32.